The molecule has 130 valence electrons. The van der Waals surface area contributed by atoms with Gasteiger partial charge in [-0.2, -0.15) is 0 Å². The summed E-state index contributed by atoms with van der Waals surface area (Å²) in [6.45, 7) is 0. The molecule has 3 aromatic rings. The SMILES string of the molecule is CN1C2CCC1c1c(n(C#Cc3ccc(Cl)cc3)c3ccc(Cl)cc13)C2. The second kappa shape index (κ2) is 6.06. The summed E-state index contributed by atoms with van der Waals surface area (Å²) in [6.07, 6.45) is 3.51. The van der Waals surface area contributed by atoms with Crippen LogP contribution < -0.4 is 0 Å². The molecule has 2 unspecified atom stereocenters. The number of benzene rings is 2. The summed E-state index contributed by atoms with van der Waals surface area (Å²) in [5.41, 5.74) is 4.90. The summed E-state index contributed by atoms with van der Waals surface area (Å²) in [7, 11) is 2.25. The van der Waals surface area contributed by atoms with Crippen molar-refractivity contribution >= 4 is 34.1 Å². The van der Waals surface area contributed by atoms with E-state index in [4.69, 9.17) is 23.2 Å². The van der Waals surface area contributed by atoms with Gasteiger partial charge in [-0.3, -0.25) is 9.47 Å². The third-order valence-electron chi connectivity index (χ3n) is 5.83. The lowest BCUT2D eigenvalue weighted by Gasteiger charge is -2.31. The number of nitrogens with zero attached hydrogens (tertiary/aromatic N) is 2. The Morgan fingerprint density at radius 2 is 1.77 bits per heavy atom. The Morgan fingerprint density at radius 3 is 2.58 bits per heavy atom. The van der Waals surface area contributed by atoms with Gasteiger partial charge < -0.3 is 0 Å². The van der Waals surface area contributed by atoms with Gasteiger partial charge in [0, 0.05) is 51.2 Å². The second-order valence-corrected chi connectivity index (χ2v) is 8.09. The Bertz CT molecular complexity index is 1070. The molecule has 1 fully saturated rings. The largest absolute Gasteiger partial charge is 0.296 e. The monoisotopic (exact) mass is 380 g/mol. The van der Waals surface area contributed by atoms with Crippen LogP contribution in [-0.2, 0) is 6.42 Å². The van der Waals surface area contributed by atoms with Crippen molar-refractivity contribution in [1.29, 1.82) is 0 Å². The zero-order valence-corrected chi connectivity index (χ0v) is 16.0. The summed E-state index contributed by atoms with van der Waals surface area (Å²) < 4.78 is 2.19. The first-order chi connectivity index (χ1) is 12.6. The van der Waals surface area contributed by atoms with Crippen LogP contribution >= 0.6 is 23.2 Å². The molecule has 0 saturated carbocycles. The first kappa shape index (κ1) is 16.3. The smallest absolute Gasteiger partial charge is 0.0619 e. The highest BCUT2D eigenvalue weighted by atomic mass is 35.5. The van der Waals surface area contributed by atoms with Crippen molar-refractivity contribution in [2.45, 2.75) is 31.3 Å². The normalized spacial score (nSPS) is 21.5. The topological polar surface area (TPSA) is 8.17 Å². The maximum absolute atomic E-state index is 6.32. The van der Waals surface area contributed by atoms with Gasteiger partial charge in [0.05, 0.1) is 5.52 Å². The average molecular weight is 381 g/mol. The van der Waals surface area contributed by atoms with Crippen LogP contribution in [0.5, 0.6) is 0 Å². The van der Waals surface area contributed by atoms with Gasteiger partial charge >= 0.3 is 0 Å². The number of halogens is 2. The fourth-order valence-electron chi connectivity index (χ4n) is 4.52. The van der Waals surface area contributed by atoms with Gasteiger partial charge in [-0.25, -0.2) is 0 Å². The highest BCUT2D eigenvalue weighted by molar-refractivity contribution is 6.31. The zero-order chi connectivity index (χ0) is 17.8. The molecule has 4 heteroatoms. The quantitative estimate of drug-likeness (QED) is 0.467. The molecule has 2 bridgehead atoms. The van der Waals surface area contributed by atoms with Gasteiger partial charge in [0.25, 0.3) is 0 Å². The minimum Gasteiger partial charge on any atom is -0.296 e. The van der Waals surface area contributed by atoms with E-state index >= 15 is 0 Å². The number of hydrogen-bond donors (Lipinski definition) is 0. The third kappa shape index (κ3) is 2.47. The van der Waals surface area contributed by atoms with Crippen LogP contribution in [0.4, 0.5) is 0 Å². The van der Waals surface area contributed by atoms with E-state index in [-0.39, 0.29) is 0 Å². The van der Waals surface area contributed by atoms with Crippen molar-refractivity contribution in [1.82, 2.24) is 9.47 Å². The predicted octanol–water partition coefficient (Wildman–Crippen LogP) is 5.50. The minimum atomic E-state index is 0.475. The van der Waals surface area contributed by atoms with Crippen molar-refractivity contribution in [3.63, 3.8) is 0 Å². The van der Waals surface area contributed by atoms with Crippen molar-refractivity contribution in [2.24, 2.45) is 0 Å². The molecular formula is C22H18Cl2N2. The predicted molar refractivity (Wildman–Crippen MR) is 108 cm³/mol. The van der Waals surface area contributed by atoms with Gasteiger partial charge in [0.1, 0.15) is 0 Å². The molecule has 1 aromatic heterocycles. The molecule has 3 heterocycles. The highest BCUT2D eigenvalue weighted by Gasteiger charge is 2.40. The summed E-state index contributed by atoms with van der Waals surface area (Å²) >= 11 is 12.3. The number of rotatable bonds is 0. The molecule has 0 radical (unpaired) electrons. The fourth-order valence-corrected chi connectivity index (χ4v) is 4.82. The lowest BCUT2D eigenvalue weighted by molar-refractivity contribution is 0.223. The second-order valence-electron chi connectivity index (χ2n) is 7.22. The first-order valence-corrected chi connectivity index (χ1v) is 9.69. The van der Waals surface area contributed by atoms with E-state index in [1.807, 2.05) is 30.3 Å². The van der Waals surface area contributed by atoms with Gasteiger partial charge in [-0.05, 0) is 73.8 Å². The molecule has 5 rings (SSSR count). The van der Waals surface area contributed by atoms with Crippen LogP contribution in [0.1, 0.15) is 35.7 Å². The van der Waals surface area contributed by atoms with E-state index in [0.717, 1.165) is 27.5 Å². The van der Waals surface area contributed by atoms with E-state index in [2.05, 4.69) is 40.6 Å². The molecule has 2 aliphatic rings. The van der Waals surface area contributed by atoms with Gasteiger partial charge in [0.15, 0.2) is 0 Å². The van der Waals surface area contributed by atoms with E-state index in [1.165, 1.54) is 29.5 Å². The highest BCUT2D eigenvalue weighted by Crippen LogP contribution is 2.46. The first-order valence-electron chi connectivity index (χ1n) is 8.94. The van der Waals surface area contributed by atoms with E-state index in [1.54, 1.807) is 0 Å². The molecule has 2 aromatic carbocycles. The number of hydrogen-bond acceptors (Lipinski definition) is 1. The van der Waals surface area contributed by atoms with Crippen molar-refractivity contribution < 1.29 is 0 Å². The zero-order valence-electron chi connectivity index (χ0n) is 14.5. The van der Waals surface area contributed by atoms with Crippen LogP contribution in [-0.4, -0.2) is 22.6 Å². The van der Waals surface area contributed by atoms with Crippen molar-refractivity contribution in [3.05, 3.63) is 69.3 Å². The number of likely N-dealkylation sites (N-methyl/N-ethyl adjacent to an activating group) is 1. The molecule has 0 aliphatic carbocycles. The van der Waals surface area contributed by atoms with Crippen LogP contribution in [0, 0.1) is 12.0 Å². The molecule has 0 N–H and O–H groups in total. The fraction of sp³-hybridized carbons (Fsp3) is 0.273. The van der Waals surface area contributed by atoms with Gasteiger partial charge in [-0.1, -0.05) is 23.2 Å². The Hall–Kier alpha value is -1.92. The van der Waals surface area contributed by atoms with Gasteiger partial charge in [0.2, 0.25) is 0 Å². The minimum absolute atomic E-state index is 0.475. The Balaban J connectivity index is 1.72. The van der Waals surface area contributed by atoms with Crippen LogP contribution in [0.15, 0.2) is 42.5 Å². The standard InChI is InChI=1S/C22H18Cl2N2/c1-25-17-7-9-20(25)22-18-12-16(24)6-8-19(18)26(21(22)13-17)11-10-14-2-4-15(23)5-3-14/h2-6,8,12,17,20H,7,9,13H2,1H3. The molecule has 0 amide bonds. The molecular weight excluding hydrogens is 363 g/mol. The van der Waals surface area contributed by atoms with Gasteiger partial charge in [-0.15, -0.1) is 0 Å². The maximum Gasteiger partial charge on any atom is 0.0619 e. The van der Waals surface area contributed by atoms with E-state index < -0.39 is 0 Å². The summed E-state index contributed by atoms with van der Waals surface area (Å²) in [5.74, 6) is 3.30. The summed E-state index contributed by atoms with van der Waals surface area (Å²) in [6, 6.07) is 18.3. The molecule has 2 aliphatic heterocycles. The van der Waals surface area contributed by atoms with E-state index in [0.29, 0.717) is 12.1 Å². The number of fused-ring (bicyclic) bond motifs is 6. The molecule has 0 spiro atoms. The Morgan fingerprint density at radius 1 is 1.00 bits per heavy atom. The average Bonchev–Trinajstić information content (AvgIpc) is 3.04. The third-order valence-corrected chi connectivity index (χ3v) is 6.32. The Kier molecular flexibility index (Phi) is 3.79. The maximum atomic E-state index is 6.32. The summed E-state index contributed by atoms with van der Waals surface area (Å²) in [4.78, 5) is 2.53. The van der Waals surface area contributed by atoms with Crippen LogP contribution in [0.2, 0.25) is 10.0 Å². The molecule has 2 atom stereocenters. The molecule has 1 saturated heterocycles. The lowest BCUT2D eigenvalue weighted by atomic mass is 9.97. The molecule has 26 heavy (non-hydrogen) atoms. The summed E-state index contributed by atoms with van der Waals surface area (Å²) in [5, 5.41) is 2.76. The van der Waals surface area contributed by atoms with E-state index in [9.17, 15) is 0 Å². The Labute approximate surface area is 163 Å². The molecule has 2 nitrogen and oxygen atoms in total. The van der Waals surface area contributed by atoms with Crippen LogP contribution in [0.3, 0.4) is 0 Å². The lowest BCUT2D eigenvalue weighted by Crippen LogP contribution is -2.34. The van der Waals surface area contributed by atoms with Crippen molar-refractivity contribution in [2.75, 3.05) is 7.05 Å². The van der Waals surface area contributed by atoms with Crippen LogP contribution in [0.25, 0.3) is 10.9 Å². The van der Waals surface area contributed by atoms with Crippen molar-refractivity contribution in [3.8, 4) is 12.0 Å². The number of aromatic nitrogens is 1.